The van der Waals surface area contributed by atoms with E-state index >= 15 is 0 Å². The number of ketones is 1. The maximum Gasteiger partial charge on any atom is 0.163 e. The summed E-state index contributed by atoms with van der Waals surface area (Å²) in [6.07, 6.45) is 6.23. The van der Waals surface area contributed by atoms with Gasteiger partial charge in [-0.25, -0.2) is 0 Å². The number of hydrogen-bond acceptors (Lipinski definition) is 2. The molecule has 0 aromatic carbocycles. The van der Waals surface area contributed by atoms with Gasteiger partial charge in [-0.15, -0.1) is 0 Å². The Morgan fingerprint density at radius 2 is 1.71 bits per heavy atom. The lowest BCUT2D eigenvalue weighted by Crippen LogP contribution is -2.30. The number of ether oxygens (including phenoxy) is 1. The van der Waals surface area contributed by atoms with Gasteiger partial charge < -0.3 is 4.74 Å². The zero-order valence-corrected chi connectivity index (χ0v) is 9.58. The van der Waals surface area contributed by atoms with Gasteiger partial charge in [0.2, 0.25) is 0 Å². The Morgan fingerprint density at radius 1 is 1.14 bits per heavy atom. The van der Waals surface area contributed by atoms with Crippen LogP contribution in [0.1, 0.15) is 52.9 Å². The van der Waals surface area contributed by atoms with E-state index in [1.54, 1.807) is 0 Å². The van der Waals surface area contributed by atoms with Gasteiger partial charge in [-0.1, -0.05) is 33.1 Å². The molecule has 14 heavy (non-hydrogen) atoms. The van der Waals surface area contributed by atoms with Gasteiger partial charge in [0.15, 0.2) is 5.78 Å². The van der Waals surface area contributed by atoms with Crippen molar-refractivity contribution in [3.8, 4) is 0 Å². The van der Waals surface area contributed by atoms with Crippen LogP contribution in [0.2, 0.25) is 0 Å². The van der Waals surface area contributed by atoms with Crippen LogP contribution in [0.4, 0.5) is 0 Å². The second-order valence-electron chi connectivity index (χ2n) is 4.60. The van der Waals surface area contributed by atoms with Crippen molar-refractivity contribution >= 4 is 5.78 Å². The van der Waals surface area contributed by atoms with Crippen molar-refractivity contribution in [3.63, 3.8) is 0 Å². The van der Waals surface area contributed by atoms with Crippen LogP contribution in [-0.4, -0.2) is 18.0 Å². The minimum Gasteiger partial charge on any atom is -0.368 e. The molecule has 1 atom stereocenters. The second kappa shape index (κ2) is 5.50. The summed E-state index contributed by atoms with van der Waals surface area (Å²) < 4.78 is 5.76. The van der Waals surface area contributed by atoms with E-state index in [1.165, 1.54) is 19.3 Å². The summed E-state index contributed by atoms with van der Waals surface area (Å²) in [7, 11) is 0. The maximum atomic E-state index is 11.6. The molecule has 1 aliphatic carbocycles. The van der Waals surface area contributed by atoms with Crippen LogP contribution < -0.4 is 0 Å². The summed E-state index contributed by atoms with van der Waals surface area (Å²) in [4.78, 5) is 11.6. The minimum absolute atomic E-state index is 0.0913. The fourth-order valence-corrected chi connectivity index (χ4v) is 2.03. The molecule has 2 heteroatoms. The van der Waals surface area contributed by atoms with Crippen molar-refractivity contribution in [1.29, 1.82) is 0 Å². The zero-order valence-electron chi connectivity index (χ0n) is 9.58. The predicted octanol–water partition coefficient (Wildman–Crippen LogP) is 2.95. The summed E-state index contributed by atoms with van der Waals surface area (Å²) in [5.41, 5.74) is 0. The Morgan fingerprint density at radius 3 is 2.21 bits per heavy atom. The van der Waals surface area contributed by atoms with Gasteiger partial charge in [-0.05, 0) is 19.8 Å². The van der Waals surface area contributed by atoms with Crippen LogP contribution >= 0.6 is 0 Å². The van der Waals surface area contributed by atoms with Crippen LogP contribution in [0.25, 0.3) is 0 Å². The van der Waals surface area contributed by atoms with Crippen LogP contribution in [-0.2, 0) is 9.53 Å². The topological polar surface area (TPSA) is 26.3 Å². The Hall–Kier alpha value is -0.370. The van der Waals surface area contributed by atoms with Gasteiger partial charge in [0.1, 0.15) is 6.10 Å². The highest BCUT2D eigenvalue weighted by Crippen LogP contribution is 2.22. The highest BCUT2D eigenvalue weighted by molar-refractivity contribution is 5.84. The number of carbonyl (C=O) groups is 1. The fraction of sp³-hybridized carbons (Fsp3) is 0.917. The number of Topliss-reactive ketones (excluding diaryl/α,β-unsaturated/α-hetero) is 1. The summed E-state index contributed by atoms with van der Waals surface area (Å²) >= 11 is 0. The molecule has 0 aliphatic heterocycles. The smallest absolute Gasteiger partial charge is 0.163 e. The third-order valence-corrected chi connectivity index (χ3v) is 2.92. The molecular weight excluding hydrogens is 176 g/mol. The Bertz CT molecular complexity index is 181. The Balaban J connectivity index is 2.31. The lowest BCUT2D eigenvalue weighted by molar-refractivity contribution is -0.137. The standard InChI is InChI=1S/C12H22O2/c1-9(2)12(13)10(3)14-11-7-5-4-6-8-11/h9-11H,4-8H2,1-3H3/t10-/m0/s1. The van der Waals surface area contributed by atoms with E-state index in [-0.39, 0.29) is 17.8 Å². The molecule has 1 saturated carbocycles. The molecule has 0 saturated heterocycles. The first-order chi connectivity index (χ1) is 6.61. The SMILES string of the molecule is CC(C)C(=O)[C@H](C)OC1CCCCC1. The van der Waals surface area contributed by atoms with E-state index in [4.69, 9.17) is 4.74 Å². The van der Waals surface area contributed by atoms with Gasteiger partial charge in [-0.2, -0.15) is 0 Å². The summed E-state index contributed by atoms with van der Waals surface area (Å²) in [6, 6.07) is 0. The van der Waals surface area contributed by atoms with Crippen LogP contribution in [0.5, 0.6) is 0 Å². The first kappa shape index (κ1) is 11.7. The van der Waals surface area contributed by atoms with Crippen molar-refractivity contribution in [2.24, 2.45) is 5.92 Å². The molecule has 0 amide bonds. The minimum atomic E-state index is -0.210. The van der Waals surface area contributed by atoms with Gasteiger partial charge in [0, 0.05) is 5.92 Å². The lowest BCUT2D eigenvalue weighted by atomic mass is 9.97. The molecule has 0 radical (unpaired) electrons. The van der Waals surface area contributed by atoms with Crippen LogP contribution in [0.3, 0.4) is 0 Å². The summed E-state index contributed by atoms with van der Waals surface area (Å²) in [5, 5.41) is 0. The van der Waals surface area contributed by atoms with E-state index in [0.29, 0.717) is 6.10 Å². The van der Waals surface area contributed by atoms with Crippen molar-refractivity contribution in [2.45, 2.75) is 65.1 Å². The third-order valence-electron chi connectivity index (χ3n) is 2.92. The molecule has 0 aromatic rings. The second-order valence-corrected chi connectivity index (χ2v) is 4.60. The molecule has 1 aliphatic rings. The van der Waals surface area contributed by atoms with Crippen molar-refractivity contribution < 1.29 is 9.53 Å². The predicted molar refractivity (Wildman–Crippen MR) is 57.3 cm³/mol. The monoisotopic (exact) mass is 198 g/mol. The molecule has 2 nitrogen and oxygen atoms in total. The van der Waals surface area contributed by atoms with E-state index < -0.39 is 0 Å². The largest absolute Gasteiger partial charge is 0.368 e. The molecule has 0 N–H and O–H groups in total. The highest BCUT2D eigenvalue weighted by Gasteiger charge is 2.22. The molecule has 82 valence electrons. The van der Waals surface area contributed by atoms with Crippen LogP contribution in [0, 0.1) is 5.92 Å². The maximum absolute atomic E-state index is 11.6. The number of hydrogen-bond donors (Lipinski definition) is 0. The first-order valence-corrected chi connectivity index (χ1v) is 5.80. The summed E-state index contributed by atoms with van der Waals surface area (Å²) in [6.45, 7) is 5.75. The van der Waals surface area contributed by atoms with Crippen LogP contribution in [0.15, 0.2) is 0 Å². The van der Waals surface area contributed by atoms with Gasteiger partial charge in [0.05, 0.1) is 6.10 Å². The molecule has 1 fully saturated rings. The Labute approximate surface area is 87.0 Å². The van der Waals surface area contributed by atoms with Crippen molar-refractivity contribution in [2.75, 3.05) is 0 Å². The Kier molecular flexibility index (Phi) is 4.59. The normalized spacial score (nSPS) is 21.1. The highest BCUT2D eigenvalue weighted by atomic mass is 16.5. The first-order valence-electron chi connectivity index (χ1n) is 5.80. The van der Waals surface area contributed by atoms with Crippen molar-refractivity contribution in [3.05, 3.63) is 0 Å². The quantitative estimate of drug-likeness (QED) is 0.694. The zero-order chi connectivity index (χ0) is 10.6. The van der Waals surface area contributed by atoms with E-state index in [0.717, 1.165) is 12.8 Å². The van der Waals surface area contributed by atoms with E-state index in [9.17, 15) is 4.79 Å². The number of carbonyl (C=O) groups excluding carboxylic acids is 1. The molecule has 0 aromatic heterocycles. The third kappa shape index (κ3) is 3.41. The number of rotatable bonds is 4. The molecule has 1 rings (SSSR count). The van der Waals surface area contributed by atoms with Gasteiger partial charge in [-0.3, -0.25) is 4.79 Å². The molecular formula is C12H22O2. The average molecular weight is 198 g/mol. The summed E-state index contributed by atoms with van der Waals surface area (Å²) in [5.74, 6) is 0.323. The molecule has 0 heterocycles. The molecule has 0 bridgehead atoms. The van der Waals surface area contributed by atoms with E-state index in [2.05, 4.69) is 0 Å². The van der Waals surface area contributed by atoms with Gasteiger partial charge in [0.25, 0.3) is 0 Å². The fourth-order valence-electron chi connectivity index (χ4n) is 2.03. The lowest BCUT2D eigenvalue weighted by Gasteiger charge is -2.25. The molecule has 0 spiro atoms. The van der Waals surface area contributed by atoms with E-state index in [1.807, 2.05) is 20.8 Å². The average Bonchev–Trinajstić information content (AvgIpc) is 2.18. The molecule has 0 unspecified atom stereocenters. The van der Waals surface area contributed by atoms with Gasteiger partial charge >= 0.3 is 0 Å². The van der Waals surface area contributed by atoms with Crippen molar-refractivity contribution in [1.82, 2.24) is 0 Å².